The lowest BCUT2D eigenvalue weighted by Gasteiger charge is -2.39. The van der Waals surface area contributed by atoms with Crippen LogP contribution in [0, 0.1) is 5.41 Å². The topological polar surface area (TPSA) is 62.2 Å². The van der Waals surface area contributed by atoms with E-state index in [9.17, 15) is 9.59 Å². The van der Waals surface area contributed by atoms with E-state index < -0.39 is 5.41 Å². The molecule has 0 N–H and O–H groups in total. The highest BCUT2D eigenvalue weighted by Gasteiger charge is 2.53. The van der Waals surface area contributed by atoms with Gasteiger partial charge in [-0.25, -0.2) is 5.01 Å². The standard InChI is InChI=1S/C24H27N3O3/c1-26-23(29)24(16-19-8-4-2-5-9-19)18-27(14-12-21(24)25-26)22(28)13-15-30-17-20-10-6-3-7-11-20/h2-11H,12-18H2,1H3. The summed E-state index contributed by atoms with van der Waals surface area (Å²) in [4.78, 5) is 27.8. The molecule has 1 unspecified atom stereocenters. The average molecular weight is 405 g/mol. The molecule has 156 valence electrons. The van der Waals surface area contributed by atoms with E-state index in [-0.39, 0.29) is 11.8 Å². The molecule has 6 nitrogen and oxygen atoms in total. The highest BCUT2D eigenvalue weighted by molar-refractivity contribution is 6.13. The van der Waals surface area contributed by atoms with E-state index in [1.54, 1.807) is 7.05 Å². The van der Waals surface area contributed by atoms with Crippen LogP contribution < -0.4 is 0 Å². The predicted molar refractivity (Wildman–Crippen MR) is 115 cm³/mol. The Hall–Kier alpha value is -2.99. The molecular weight excluding hydrogens is 378 g/mol. The van der Waals surface area contributed by atoms with Gasteiger partial charge in [-0.1, -0.05) is 60.7 Å². The lowest BCUT2D eigenvalue weighted by atomic mass is 9.73. The molecule has 2 aliphatic heterocycles. The minimum absolute atomic E-state index is 0.0249. The Bertz CT molecular complexity index is 929. The van der Waals surface area contributed by atoms with Crippen molar-refractivity contribution in [2.75, 3.05) is 26.7 Å². The molecule has 2 heterocycles. The van der Waals surface area contributed by atoms with Crippen molar-refractivity contribution in [3.8, 4) is 0 Å². The molecule has 2 aromatic rings. The van der Waals surface area contributed by atoms with Crippen LogP contribution in [0.5, 0.6) is 0 Å². The number of hydrogen-bond acceptors (Lipinski definition) is 4. The Morgan fingerprint density at radius 1 is 1.07 bits per heavy atom. The molecule has 0 saturated carbocycles. The molecule has 0 radical (unpaired) electrons. The first kappa shape index (κ1) is 20.3. The van der Waals surface area contributed by atoms with Gasteiger partial charge >= 0.3 is 0 Å². The molecule has 2 amide bonds. The second-order valence-corrected chi connectivity index (χ2v) is 7.97. The largest absolute Gasteiger partial charge is 0.376 e. The quantitative estimate of drug-likeness (QED) is 0.666. The third-order valence-corrected chi connectivity index (χ3v) is 5.88. The van der Waals surface area contributed by atoms with Crippen molar-refractivity contribution in [3.63, 3.8) is 0 Å². The van der Waals surface area contributed by atoms with Crippen molar-refractivity contribution in [1.29, 1.82) is 0 Å². The highest BCUT2D eigenvalue weighted by atomic mass is 16.5. The number of likely N-dealkylation sites (tertiary alicyclic amines) is 1. The number of carbonyl (C=O) groups is 2. The molecule has 30 heavy (non-hydrogen) atoms. The van der Waals surface area contributed by atoms with E-state index in [2.05, 4.69) is 5.10 Å². The predicted octanol–water partition coefficient (Wildman–Crippen LogP) is 2.88. The molecule has 2 aliphatic rings. The summed E-state index contributed by atoms with van der Waals surface area (Å²) >= 11 is 0. The maximum Gasteiger partial charge on any atom is 0.256 e. The van der Waals surface area contributed by atoms with Crippen molar-refractivity contribution < 1.29 is 14.3 Å². The van der Waals surface area contributed by atoms with Crippen LogP contribution in [0.2, 0.25) is 0 Å². The number of piperidine rings is 1. The van der Waals surface area contributed by atoms with E-state index in [0.717, 1.165) is 16.8 Å². The number of hydrazone groups is 1. The van der Waals surface area contributed by atoms with Gasteiger partial charge in [0.1, 0.15) is 5.41 Å². The fraction of sp³-hybridized carbons (Fsp3) is 0.375. The minimum atomic E-state index is -0.755. The van der Waals surface area contributed by atoms with Gasteiger partial charge in [0.2, 0.25) is 5.91 Å². The van der Waals surface area contributed by atoms with E-state index in [1.165, 1.54) is 5.01 Å². The molecule has 2 aromatic carbocycles. The van der Waals surface area contributed by atoms with Crippen LogP contribution in [0.4, 0.5) is 0 Å². The zero-order valence-electron chi connectivity index (χ0n) is 17.3. The Morgan fingerprint density at radius 3 is 2.43 bits per heavy atom. The van der Waals surface area contributed by atoms with Crippen molar-refractivity contribution in [2.24, 2.45) is 10.5 Å². The number of ether oxygens (including phenoxy) is 1. The first-order chi connectivity index (χ1) is 14.6. The van der Waals surface area contributed by atoms with Gasteiger partial charge < -0.3 is 9.64 Å². The smallest absolute Gasteiger partial charge is 0.256 e. The number of hydrogen-bond donors (Lipinski definition) is 0. The van der Waals surface area contributed by atoms with E-state index in [4.69, 9.17) is 4.74 Å². The van der Waals surface area contributed by atoms with Crippen molar-refractivity contribution in [3.05, 3.63) is 71.8 Å². The first-order valence-electron chi connectivity index (χ1n) is 10.4. The van der Waals surface area contributed by atoms with Gasteiger partial charge in [-0.2, -0.15) is 5.10 Å². The van der Waals surface area contributed by atoms with Gasteiger partial charge in [0.15, 0.2) is 0 Å². The summed E-state index contributed by atoms with van der Waals surface area (Å²) in [7, 11) is 1.70. The van der Waals surface area contributed by atoms with E-state index >= 15 is 0 Å². The summed E-state index contributed by atoms with van der Waals surface area (Å²) in [6, 6.07) is 19.9. The number of benzene rings is 2. The number of rotatable bonds is 7. The zero-order valence-corrected chi connectivity index (χ0v) is 17.3. The van der Waals surface area contributed by atoms with Gasteiger partial charge in [-0.3, -0.25) is 9.59 Å². The highest BCUT2D eigenvalue weighted by Crippen LogP contribution is 2.38. The van der Waals surface area contributed by atoms with Crippen LogP contribution in [-0.4, -0.2) is 54.2 Å². The van der Waals surface area contributed by atoms with Crippen LogP contribution >= 0.6 is 0 Å². The molecular formula is C24H27N3O3. The van der Waals surface area contributed by atoms with Crippen LogP contribution in [0.25, 0.3) is 0 Å². The number of nitrogens with zero attached hydrogens (tertiary/aromatic N) is 3. The molecule has 4 rings (SSSR count). The monoisotopic (exact) mass is 405 g/mol. The van der Waals surface area contributed by atoms with Crippen molar-refractivity contribution >= 4 is 17.5 Å². The summed E-state index contributed by atoms with van der Waals surface area (Å²) in [5.41, 5.74) is 2.30. The normalized spacial score (nSPS) is 20.8. The lowest BCUT2D eigenvalue weighted by molar-refractivity contribution is -0.140. The third-order valence-electron chi connectivity index (χ3n) is 5.88. The van der Waals surface area contributed by atoms with Gasteiger partial charge in [-0.15, -0.1) is 0 Å². The zero-order chi connectivity index (χ0) is 21.0. The van der Waals surface area contributed by atoms with E-state index in [1.807, 2.05) is 65.6 Å². The summed E-state index contributed by atoms with van der Waals surface area (Å²) in [5, 5.41) is 5.94. The summed E-state index contributed by atoms with van der Waals surface area (Å²) in [5.74, 6) is -0.00363. The van der Waals surface area contributed by atoms with Crippen LogP contribution in [0.1, 0.15) is 24.0 Å². The maximum atomic E-state index is 13.1. The fourth-order valence-corrected chi connectivity index (χ4v) is 4.32. The van der Waals surface area contributed by atoms with Crippen LogP contribution in [0.15, 0.2) is 65.8 Å². The first-order valence-corrected chi connectivity index (χ1v) is 10.4. The fourth-order valence-electron chi connectivity index (χ4n) is 4.32. The number of carbonyl (C=O) groups excluding carboxylic acids is 2. The van der Waals surface area contributed by atoms with Crippen LogP contribution in [0.3, 0.4) is 0 Å². The molecule has 0 spiro atoms. The van der Waals surface area contributed by atoms with Crippen molar-refractivity contribution in [2.45, 2.75) is 25.9 Å². The Kier molecular flexibility index (Phi) is 5.95. The van der Waals surface area contributed by atoms with E-state index in [0.29, 0.717) is 45.6 Å². The average Bonchev–Trinajstić information content (AvgIpc) is 3.02. The van der Waals surface area contributed by atoms with Crippen LogP contribution in [-0.2, 0) is 27.4 Å². The van der Waals surface area contributed by atoms with Gasteiger partial charge in [0, 0.05) is 26.6 Å². The second-order valence-electron chi connectivity index (χ2n) is 7.97. The molecule has 1 fully saturated rings. The molecule has 1 saturated heterocycles. The minimum Gasteiger partial charge on any atom is -0.376 e. The number of fused-ring (bicyclic) bond motifs is 1. The van der Waals surface area contributed by atoms with Gasteiger partial charge in [0.25, 0.3) is 5.91 Å². The third kappa shape index (κ3) is 4.14. The SMILES string of the molecule is CN1N=C2CCN(C(=O)CCOCc3ccccc3)CC2(Cc2ccccc2)C1=O. The molecule has 0 bridgehead atoms. The molecule has 0 aliphatic carbocycles. The Balaban J connectivity index is 1.40. The summed E-state index contributed by atoms with van der Waals surface area (Å²) in [6.45, 7) is 1.83. The molecule has 0 aromatic heterocycles. The van der Waals surface area contributed by atoms with Gasteiger partial charge in [-0.05, 0) is 17.5 Å². The van der Waals surface area contributed by atoms with Gasteiger partial charge in [0.05, 0.1) is 25.3 Å². The second kappa shape index (κ2) is 8.79. The Labute approximate surface area is 177 Å². The number of amides is 2. The molecule has 6 heteroatoms. The molecule has 1 atom stereocenters. The lowest BCUT2D eigenvalue weighted by Crippen LogP contribution is -2.55. The maximum absolute atomic E-state index is 13.1. The summed E-state index contributed by atoms with van der Waals surface area (Å²) in [6.07, 6.45) is 1.49. The Morgan fingerprint density at radius 2 is 1.73 bits per heavy atom. The summed E-state index contributed by atoms with van der Waals surface area (Å²) < 4.78 is 5.68. The van der Waals surface area contributed by atoms with Crippen molar-refractivity contribution in [1.82, 2.24) is 9.91 Å².